The minimum absolute atomic E-state index is 0.110. The summed E-state index contributed by atoms with van der Waals surface area (Å²) in [6.45, 7) is 1.70. The van der Waals surface area contributed by atoms with E-state index in [9.17, 15) is 34.8 Å². The Labute approximate surface area is 153 Å². The molecule has 2 aromatic carbocycles. The molecule has 26 heavy (non-hydrogen) atoms. The van der Waals surface area contributed by atoms with E-state index >= 15 is 0 Å². The van der Waals surface area contributed by atoms with Gasteiger partial charge in [-0.2, -0.15) is 26.3 Å². The molecular weight excluding hydrogens is 452 g/mol. The van der Waals surface area contributed by atoms with Crippen LogP contribution in [0.3, 0.4) is 0 Å². The van der Waals surface area contributed by atoms with Gasteiger partial charge in [-0.25, -0.2) is 8.42 Å². The lowest BCUT2D eigenvalue weighted by molar-refractivity contribution is -0.162. The molecule has 3 nitrogen and oxygen atoms in total. The number of aryl methyl sites for hydroxylation is 1. The van der Waals surface area contributed by atoms with Crippen molar-refractivity contribution in [3.8, 4) is 0 Å². The number of nitrogens with one attached hydrogen (secondary N) is 1. The first kappa shape index (κ1) is 20.6. The molecule has 0 fully saturated rings. The third-order valence-electron chi connectivity index (χ3n) is 3.29. The van der Waals surface area contributed by atoms with Crippen molar-refractivity contribution in [2.24, 2.45) is 0 Å². The molecule has 0 radical (unpaired) electrons. The Morgan fingerprint density at radius 3 is 1.81 bits per heavy atom. The predicted molar refractivity (Wildman–Crippen MR) is 86.1 cm³/mol. The molecule has 2 aromatic rings. The largest absolute Gasteiger partial charge is 0.417 e. The fraction of sp³-hybridized carbons (Fsp3) is 0.200. The first-order valence-corrected chi connectivity index (χ1v) is 9.07. The third kappa shape index (κ3) is 4.50. The Kier molecular flexibility index (Phi) is 5.35. The van der Waals surface area contributed by atoms with Gasteiger partial charge in [-0.3, -0.25) is 4.72 Å². The average Bonchev–Trinajstić information content (AvgIpc) is 2.47. The number of hydrogen-bond acceptors (Lipinski definition) is 2. The molecule has 142 valence electrons. The molecule has 0 heterocycles. The molecule has 0 bridgehead atoms. The van der Waals surface area contributed by atoms with Crippen LogP contribution in [0, 0.1) is 6.92 Å². The molecule has 11 heteroatoms. The lowest BCUT2D eigenvalue weighted by atomic mass is 10.1. The van der Waals surface area contributed by atoms with Crippen molar-refractivity contribution in [1.82, 2.24) is 0 Å². The minimum Gasteiger partial charge on any atom is -0.278 e. The van der Waals surface area contributed by atoms with Gasteiger partial charge in [-0.15, -0.1) is 0 Å². The van der Waals surface area contributed by atoms with E-state index in [2.05, 4.69) is 15.9 Å². The summed E-state index contributed by atoms with van der Waals surface area (Å²) in [5.41, 5.74) is -3.82. The maximum Gasteiger partial charge on any atom is 0.417 e. The zero-order valence-corrected chi connectivity index (χ0v) is 15.2. The number of anilines is 1. The summed E-state index contributed by atoms with van der Waals surface area (Å²) in [5.74, 6) is 0. The lowest BCUT2D eigenvalue weighted by Crippen LogP contribution is -2.19. The van der Waals surface area contributed by atoms with Crippen LogP contribution in [0.25, 0.3) is 0 Å². The second kappa shape index (κ2) is 6.76. The molecule has 0 aromatic heterocycles. The first-order valence-electron chi connectivity index (χ1n) is 6.79. The van der Waals surface area contributed by atoms with Crippen molar-refractivity contribution in [3.63, 3.8) is 0 Å². The zero-order chi connectivity index (χ0) is 19.9. The van der Waals surface area contributed by atoms with Gasteiger partial charge in [0.15, 0.2) is 0 Å². The summed E-state index contributed by atoms with van der Waals surface area (Å²) >= 11 is 2.68. The molecule has 2 rings (SSSR count). The van der Waals surface area contributed by atoms with Gasteiger partial charge in [-0.1, -0.05) is 17.7 Å². The van der Waals surface area contributed by atoms with E-state index in [4.69, 9.17) is 0 Å². The van der Waals surface area contributed by atoms with E-state index in [1.54, 1.807) is 6.92 Å². The van der Waals surface area contributed by atoms with Crippen LogP contribution in [0.4, 0.5) is 32.0 Å². The number of benzene rings is 2. The molecular formula is C15H10BrF6NO2S. The Hall–Kier alpha value is -1.75. The number of rotatable bonds is 3. The number of alkyl halides is 6. The van der Waals surface area contributed by atoms with E-state index in [-0.39, 0.29) is 17.0 Å². The molecule has 0 spiro atoms. The molecule has 0 aliphatic heterocycles. The van der Waals surface area contributed by atoms with Crippen molar-refractivity contribution >= 4 is 31.6 Å². The Balaban J connectivity index is 2.55. The van der Waals surface area contributed by atoms with Gasteiger partial charge in [0.2, 0.25) is 0 Å². The van der Waals surface area contributed by atoms with Gasteiger partial charge < -0.3 is 0 Å². The minimum atomic E-state index is -5.32. The van der Waals surface area contributed by atoms with Crippen molar-refractivity contribution in [3.05, 3.63) is 57.6 Å². The molecule has 0 aliphatic carbocycles. The normalized spacial score (nSPS) is 12.9. The van der Waals surface area contributed by atoms with Crippen LogP contribution in [0.1, 0.15) is 16.7 Å². The van der Waals surface area contributed by atoms with Gasteiger partial charge in [0.05, 0.1) is 21.7 Å². The van der Waals surface area contributed by atoms with Crippen molar-refractivity contribution < 1.29 is 34.8 Å². The zero-order valence-electron chi connectivity index (χ0n) is 12.8. The number of sulfonamides is 1. The summed E-state index contributed by atoms with van der Waals surface area (Å²) in [6.07, 6.45) is -10.6. The Morgan fingerprint density at radius 1 is 0.885 bits per heavy atom. The molecule has 0 atom stereocenters. The smallest absolute Gasteiger partial charge is 0.278 e. The number of halogens is 7. The van der Waals surface area contributed by atoms with E-state index in [1.165, 1.54) is 24.3 Å². The highest BCUT2D eigenvalue weighted by Crippen LogP contribution is 2.44. The Morgan fingerprint density at radius 2 is 1.35 bits per heavy atom. The van der Waals surface area contributed by atoms with Crippen molar-refractivity contribution in [2.75, 3.05) is 4.72 Å². The third-order valence-corrected chi connectivity index (χ3v) is 5.33. The van der Waals surface area contributed by atoms with E-state index in [1.807, 2.05) is 4.72 Å². The highest BCUT2D eigenvalue weighted by Gasteiger charge is 2.43. The van der Waals surface area contributed by atoms with Gasteiger partial charge >= 0.3 is 12.4 Å². The summed E-state index contributed by atoms with van der Waals surface area (Å²) in [4.78, 5) is -0.247. The first-order chi connectivity index (χ1) is 11.7. The summed E-state index contributed by atoms with van der Waals surface area (Å²) < 4.78 is 104. The summed E-state index contributed by atoms with van der Waals surface area (Å²) in [5, 5.41) is 0. The van der Waals surface area contributed by atoms with Crippen LogP contribution < -0.4 is 4.72 Å². The van der Waals surface area contributed by atoms with E-state index in [0.29, 0.717) is 0 Å². The second-order valence-corrected chi connectivity index (χ2v) is 7.83. The highest BCUT2D eigenvalue weighted by atomic mass is 79.9. The Bertz CT molecular complexity index is 921. The standard InChI is InChI=1S/C15H10BrF6NO2S/c1-8-2-4-9(5-3-8)26(24,25)23-13-7-11(15(20,21)22)10(6-12(13)16)14(17,18)19/h2-7,23H,1H3. The summed E-state index contributed by atoms with van der Waals surface area (Å²) in [6, 6.07) is 5.68. The molecule has 0 amide bonds. The van der Waals surface area contributed by atoms with Crippen LogP contribution in [0.5, 0.6) is 0 Å². The monoisotopic (exact) mass is 461 g/mol. The summed E-state index contributed by atoms with van der Waals surface area (Å²) in [7, 11) is -4.29. The van der Waals surface area contributed by atoms with Crippen LogP contribution >= 0.6 is 15.9 Å². The topological polar surface area (TPSA) is 46.2 Å². The van der Waals surface area contributed by atoms with E-state index < -0.39 is 43.7 Å². The van der Waals surface area contributed by atoms with Gasteiger partial charge in [-0.05, 0) is 47.1 Å². The molecule has 0 saturated heterocycles. The predicted octanol–water partition coefficient (Wildman–Crippen LogP) is 5.60. The van der Waals surface area contributed by atoms with Gasteiger partial charge in [0, 0.05) is 4.47 Å². The van der Waals surface area contributed by atoms with Gasteiger partial charge in [0.1, 0.15) is 0 Å². The quantitative estimate of drug-likeness (QED) is 0.605. The van der Waals surface area contributed by atoms with Gasteiger partial charge in [0.25, 0.3) is 10.0 Å². The lowest BCUT2D eigenvalue weighted by Gasteiger charge is -2.18. The maximum absolute atomic E-state index is 13.0. The number of hydrogen-bond donors (Lipinski definition) is 1. The molecule has 1 N–H and O–H groups in total. The SMILES string of the molecule is Cc1ccc(S(=O)(=O)Nc2cc(C(F)(F)F)c(C(F)(F)F)cc2Br)cc1. The molecule has 0 unspecified atom stereocenters. The van der Waals surface area contributed by atoms with Crippen LogP contribution in [-0.2, 0) is 22.4 Å². The average molecular weight is 462 g/mol. The van der Waals surface area contributed by atoms with Crippen molar-refractivity contribution in [2.45, 2.75) is 24.2 Å². The second-order valence-electron chi connectivity index (χ2n) is 5.29. The molecule has 0 aliphatic rings. The van der Waals surface area contributed by atoms with E-state index in [0.717, 1.165) is 5.56 Å². The van der Waals surface area contributed by atoms with Crippen LogP contribution in [0.15, 0.2) is 45.8 Å². The van der Waals surface area contributed by atoms with Crippen LogP contribution in [-0.4, -0.2) is 8.42 Å². The van der Waals surface area contributed by atoms with Crippen LogP contribution in [0.2, 0.25) is 0 Å². The maximum atomic E-state index is 13.0. The molecule has 0 saturated carbocycles. The van der Waals surface area contributed by atoms with Crippen molar-refractivity contribution in [1.29, 1.82) is 0 Å². The highest BCUT2D eigenvalue weighted by molar-refractivity contribution is 9.10. The fourth-order valence-corrected chi connectivity index (χ4v) is 3.69. The fourth-order valence-electron chi connectivity index (χ4n) is 2.04.